The van der Waals surface area contributed by atoms with Crippen LogP contribution in [-0.4, -0.2) is 16.7 Å². The van der Waals surface area contributed by atoms with Gasteiger partial charge in [0.1, 0.15) is 5.75 Å². The van der Waals surface area contributed by atoms with Crippen molar-refractivity contribution < 1.29 is 9.90 Å². The molecule has 2 aromatic carbocycles. The number of para-hydroxylation sites is 1. The number of nitrogens with one attached hydrogen (secondary N) is 1. The van der Waals surface area contributed by atoms with Gasteiger partial charge >= 0.3 is 0 Å². The van der Waals surface area contributed by atoms with Gasteiger partial charge in [0.05, 0.1) is 26.3 Å². The summed E-state index contributed by atoms with van der Waals surface area (Å²) in [5.41, 5.74) is 3.48. The molecule has 0 spiro atoms. The van der Waals surface area contributed by atoms with Gasteiger partial charge in [-0.25, -0.2) is 5.43 Å². The molecule has 0 aliphatic heterocycles. The Kier molecular flexibility index (Phi) is 5.29. The number of phenolic OH excluding ortho intramolecular Hbond substituents is 1. The van der Waals surface area contributed by atoms with Crippen molar-refractivity contribution in [3.05, 3.63) is 62.6 Å². The number of benzene rings is 2. The first-order valence-electron chi connectivity index (χ1n) is 6.18. The Bertz CT molecular complexity index is 760. The van der Waals surface area contributed by atoms with Gasteiger partial charge in [-0.2, -0.15) is 5.10 Å². The van der Waals surface area contributed by atoms with E-state index in [1.807, 2.05) is 0 Å². The minimum Gasteiger partial charge on any atom is -0.507 e. The Hall–Kier alpha value is -1.75. The van der Waals surface area contributed by atoms with E-state index >= 15 is 0 Å². The van der Waals surface area contributed by atoms with Gasteiger partial charge < -0.3 is 5.11 Å². The second-order valence-electron chi connectivity index (χ2n) is 4.38. The molecule has 2 rings (SSSR count). The van der Waals surface area contributed by atoms with Crippen LogP contribution in [0.2, 0.25) is 15.1 Å². The summed E-state index contributed by atoms with van der Waals surface area (Å²) < 4.78 is 0. The van der Waals surface area contributed by atoms with Crippen molar-refractivity contribution in [2.75, 3.05) is 0 Å². The monoisotopic (exact) mass is 356 g/mol. The van der Waals surface area contributed by atoms with Crippen LogP contribution in [-0.2, 0) is 0 Å². The van der Waals surface area contributed by atoms with Crippen LogP contribution in [0.3, 0.4) is 0 Å². The molecule has 0 bridgehead atoms. The van der Waals surface area contributed by atoms with Crippen LogP contribution < -0.4 is 5.43 Å². The van der Waals surface area contributed by atoms with E-state index in [9.17, 15) is 9.90 Å². The van der Waals surface area contributed by atoms with E-state index in [2.05, 4.69) is 10.5 Å². The highest BCUT2D eigenvalue weighted by molar-refractivity contribution is 6.49. The number of carbonyl (C=O) groups is 1. The number of phenols is 1. The average molecular weight is 358 g/mol. The molecule has 0 radical (unpaired) electrons. The van der Waals surface area contributed by atoms with Crippen LogP contribution in [0.15, 0.2) is 41.5 Å². The molecule has 1 amide bonds. The molecule has 0 aliphatic rings. The Morgan fingerprint density at radius 2 is 1.73 bits per heavy atom. The van der Waals surface area contributed by atoms with Gasteiger partial charge in [-0.15, -0.1) is 0 Å². The number of carbonyl (C=O) groups excluding carboxylic acids is 1. The highest BCUT2D eigenvalue weighted by Crippen LogP contribution is 2.32. The van der Waals surface area contributed by atoms with Crippen LogP contribution >= 0.6 is 34.8 Å². The molecule has 2 N–H and O–H groups in total. The molecule has 22 heavy (non-hydrogen) atoms. The largest absolute Gasteiger partial charge is 0.507 e. The van der Waals surface area contributed by atoms with E-state index in [1.165, 1.54) is 12.1 Å². The molecule has 0 unspecified atom stereocenters. The van der Waals surface area contributed by atoms with Gasteiger partial charge in [-0.3, -0.25) is 4.79 Å². The zero-order valence-electron chi connectivity index (χ0n) is 11.4. The molecular formula is C15H11Cl3N2O2. The van der Waals surface area contributed by atoms with Crippen LogP contribution in [0, 0.1) is 0 Å². The minimum atomic E-state index is -0.534. The van der Waals surface area contributed by atoms with E-state index in [0.29, 0.717) is 16.3 Å². The number of hydrazone groups is 1. The lowest BCUT2D eigenvalue weighted by molar-refractivity contribution is 0.0952. The van der Waals surface area contributed by atoms with Gasteiger partial charge in [-0.1, -0.05) is 53.0 Å². The van der Waals surface area contributed by atoms with Crippen LogP contribution in [0.4, 0.5) is 0 Å². The second-order valence-corrected chi connectivity index (χ2v) is 5.54. The predicted octanol–water partition coefficient (Wildman–Crippen LogP) is 4.51. The summed E-state index contributed by atoms with van der Waals surface area (Å²) in [6.07, 6.45) is 0. The lowest BCUT2D eigenvalue weighted by Gasteiger charge is -2.08. The summed E-state index contributed by atoms with van der Waals surface area (Å²) in [4.78, 5) is 11.9. The first-order valence-corrected chi connectivity index (χ1v) is 7.31. The Morgan fingerprint density at radius 1 is 1.05 bits per heavy atom. The molecule has 4 nitrogen and oxygen atoms in total. The average Bonchev–Trinajstić information content (AvgIpc) is 2.50. The maximum Gasteiger partial charge on any atom is 0.275 e. The number of amides is 1. The number of halogens is 3. The molecule has 2 aromatic rings. The molecule has 0 atom stereocenters. The summed E-state index contributed by atoms with van der Waals surface area (Å²) in [6.45, 7) is 1.66. The van der Waals surface area contributed by atoms with E-state index < -0.39 is 5.91 Å². The molecule has 0 fully saturated rings. The number of nitrogens with zero attached hydrogens (tertiary/aromatic N) is 1. The second kappa shape index (κ2) is 7.01. The highest BCUT2D eigenvalue weighted by atomic mass is 35.5. The summed E-state index contributed by atoms with van der Waals surface area (Å²) in [5, 5.41) is 14.4. The highest BCUT2D eigenvalue weighted by Gasteiger charge is 2.12. The molecular weight excluding hydrogens is 347 g/mol. The molecule has 0 aromatic heterocycles. The van der Waals surface area contributed by atoms with Gasteiger partial charge in [0.15, 0.2) is 0 Å². The molecule has 0 saturated heterocycles. The lowest BCUT2D eigenvalue weighted by atomic mass is 10.1. The summed E-state index contributed by atoms with van der Waals surface area (Å²) >= 11 is 17.9. The maximum absolute atomic E-state index is 11.9. The van der Waals surface area contributed by atoms with E-state index in [-0.39, 0.29) is 21.4 Å². The fourth-order valence-corrected chi connectivity index (χ4v) is 2.40. The Labute approximate surface area is 142 Å². The standard InChI is InChI=1S/C15H11Cl3N2O2/c1-8(9-6-7-11(16)14(18)13(9)17)19-20-15(22)10-4-2-3-5-12(10)21/h2-7,21H,1H3,(H,20,22). The summed E-state index contributed by atoms with van der Waals surface area (Å²) in [6, 6.07) is 9.41. The minimum absolute atomic E-state index is 0.124. The van der Waals surface area contributed by atoms with Crippen molar-refractivity contribution in [2.45, 2.75) is 6.92 Å². The zero-order valence-corrected chi connectivity index (χ0v) is 13.7. The molecule has 114 valence electrons. The maximum atomic E-state index is 11.9. The van der Waals surface area contributed by atoms with Crippen LogP contribution in [0.1, 0.15) is 22.8 Å². The normalized spacial score (nSPS) is 11.4. The van der Waals surface area contributed by atoms with Gasteiger partial charge in [0.25, 0.3) is 5.91 Å². The third kappa shape index (κ3) is 3.53. The fraction of sp³-hybridized carbons (Fsp3) is 0.0667. The van der Waals surface area contributed by atoms with Crippen molar-refractivity contribution in [2.24, 2.45) is 5.10 Å². The van der Waals surface area contributed by atoms with Crippen molar-refractivity contribution >= 4 is 46.4 Å². The number of hydrogen-bond acceptors (Lipinski definition) is 3. The van der Waals surface area contributed by atoms with Crippen LogP contribution in [0.25, 0.3) is 0 Å². The smallest absolute Gasteiger partial charge is 0.275 e. The Morgan fingerprint density at radius 3 is 2.41 bits per heavy atom. The zero-order chi connectivity index (χ0) is 16.3. The SMILES string of the molecule is CC(=NNC(=O)c1ccccc1O)c1ccc(Cl)c(Cl)c1Cl. The van der Waals surface area contributed by atoms with Crippen molar-refractivity contribution in [1.82, 2.24) is 5.43 Å². The quantitative estimate of drug-likeness (QED) is 0.482. The molecule has 0 aliphatic carbocycles. The van der Waals surface area contributed by atoms with Crippen LogP contribution in [0.5, 0.6) is 5.75 Å². The van der Waals surface area contributed by atoms with Gasteiger partial charge in [-0.05, 0) is 25.1 Å². The predicted molar refractivity (Wildman–Crippen MR) is 89.3 cm³/mol. The van der Waals surface area contributed by atoms with Crippen molar-refractivity contribution in [3.63, 3.8) is 0 Å². The van der Waals surface area contributed by atoms with E-state index in [1.54, 1.807) is 31.2 Å². The summed E-state index contributed by atoms with van der Waals surface area (Å²) in [5.74, 6) is -0.658. The molecule has 0 heterocycles. The van der Waals surface area contributed by atoms with Crippen molar-refractivity contribution in [1.29, 1.82) is 0 Å². The number of hydrogen-bond donors (Lipinski definition) is 2. The van der Waals surface area contributed by atoms with Gasteiger partial charge in [0, 0.05) is 5.56 Å². The lowest BCUT2D eigenvalue weighted by Crippen LogP contribution is -2.19. The van der Waals surface area contributed by atoms with E-state index in [0.717, 1.165) is 0 Å². The fourth-order valence-electron chi connectivity index (χ4n) is 1.73. The number of rotatable bonds is 3. The first-order chi connectivity index (χ1) is 10.4. The summed E-state index contributed by atoms with van der Waals surface area (Å²) in [7, 11) is 0. The third-order valence-electron chi connectivity index (χ3n) is 2.90. The third-order valence-corrected chi connectivity index (χ3v) is 4.19. The van der Waals surface area contributed by atoms with Gasteiger partial charge in [0.2, 0.25) is 0 Å². The number of aromatic hydroxyl groups is 1. The molecule has 7 heteroatoms. The Balaban J connectivity index is 2.22. The van der Waals surface area contributed by atoms with Crippen molar-refractivity contribution in [3.8, 4) is 5.75 Å². The van der Waals surface area contributed by atoms with E-state index in [4.69, 9.17) is 34.8 Å². The first kappa shape index (κ1) is 16.6. The topological polar surface area (TPSA) is 61.7 Å². The molecule has 0 saturated carbocycles.